The van der Waals surface area contributed by atoms with E-state index in [2.05, 4.69) is 16.7 Å². The van der Waals surface area contributed by atoms with E-state index >= 15 is 0 Å². The van der Waals surface area contributed by atoms with Crippen molar-refractivity contribution in [3.8, 4) is 0 Å². The molecule has 0 aliphatic carbocycles. The van der Waals surface area contributed by atoms with Crippen LogP contribution in [-0.4, -0.2) is 13.5 Å². The molecule has 0 aliphatic heterocycles. The van der Waals surface area contributed by atoms with Crippen LogP contribution in [0.2, 0.25) is 0 Å². The number of nitrogens with one attached hydrogen (secondary N) is 1. The molecule has 0 aliphatic rings. The Kier molecular flexibility index (Phi) is 7.29. The first-order valence-electron chi connectivity index (χ1n) is 3.48. The van der Waals surface area contributed by atoms with Crippen LogP contribution in [0, 0.1) is 0 Å². The van der Waals surface area contributed by atoms with Crippen LogP contribution in [0.1, 0.15) is 0 Å². The molecular weight excluding hydrogens is 222 g/mol. The third-order valence-corrected chi connectivity index (χ3v) is 1.23. The SMILES string of the molecule is NC(=S)NN=S(=O)=O.c1ccccc1. The molecule has 0 unspecified atom stereocenters. The van der Waals surface area contributed by atoms with Gasteiger partial charge in [0, 0.05) is 0 Å². The molecule has 0 radical (unpaired) electrons. The minimum atomic E-state index is -2.49. The Hall–Kier alpha value is -1.47. The van der Waals surface area contributed by atoms with Gasteiger partial charge in [0.2, 0.25) is 0 Å². The number of hydrogen-bond donors (Lipinski definition) is 2. The van der Waals surface area contributed by atoms with Crippen LogP contribution >= 0.6 is 12.2 Å². The van der Waals surface area contributed by atoms with Crippen molar-refractivity contribution in [1.29, 1.82) is 0 Å². The minimum absolute atomic E-state index is 0.172. The van der Waals surface area contributed by atoms with Gasteiger partial charge in [-0.05, 0) is 12.2 Å². The van der Waals surface area contributed by atoms with Gasteiger partial charge in [0.05, 0.1) is 0 Å². The monoisotopic (exact) mass is 231 g/mol. The molecule has 0 saturated heterocycles. The van der Waals surface area contributed by atoms with Crippen LogP contribution in [-0.2, 0) is 10.5 Å². The summed E-state index contributed by atoms with van der Waals surface area (Å²) in [5, 5.41) is -0.172. The maximum Gasteiger partial charge on any atom is 0.332 e. The molecule has 3 N–H and O–H groups in total. The van der Waals surface area contributed by atoms with E-state index in [1.165, 1.54) is 0 Å². The third-order valence-electron chi connectivity index (χ3n) is 0.897. The molecule has 0 amide bonds. The number of nitrogens with zero attached hydrogens (tertiary/aromatic N) is 1. The highest BCUT2D eigenvalue weighted by atomic mass is 32.2. The first-order chi connectivity index (χ1) is 6.63. The summed E-state index contributed by atoms with van der Waals surface area (Å²) >= 11 is 4.21. The number of benzene rings is 1. The lowest BCUT2D eigenvalue weighted by Crippen LogP contribution is -2.23. The summed E-state index contributed by atoms with van der Waals surface area (Å²) in [6.07, 6.45) is 0. The summed E-state index contributed by atoms with van der Waals surface area (Å²) in [6, 6.07) is 12.0. The summed E-state index contributed by atoms with van der Waals surface area (Å²) < 4.78 is 21.8. The van der Waals surface area contributed by atoms with E-state index in [0.29, 0.717) is 0 Å². The van der Waals surface area contributed by atoms with Crippen LogP contribution in [0.4, 0.5) is 0 Å². The summed E-state index contributed by atoms with van der Waals surface area (Å²) in [5.41, 5.74) is 6.66. The summed E-state index contributed by atoms with van der Waals surface area (Å²) in [5.74, 6) is 0. The van der Waals surface area contributed by atoms with Crippen molar-refractivity contribution in [2.75, 3.05) is 0 Å². The summed E-state index contributed by atoms with van der Waals surface area (Å²) in [6.45, 7) is 0. The van der Waals surface area contributed by atoms with Gasteiger partial charge in [-0.1, -0.05) is 40.9 Å². The van der Waals surface area contributed by atoms with Crippen molar-refractivity contribution in [3.05, 3.63) is 36.4 Å². The molecule has 76 valence electrons. The fraction of sp³-hybridized carbons (Fsp3) is 0. The van der Waals surface area contributed by atoms with Gasteiger partial charge >= 0.3 is 10.5 Å². The van der Waals surface area contributed by atoms with Gasteiger partial charge in [-0.15, -0.1) is 0 Å². The molecule has 7 heteroatoms. The van der Waals surface area contributed by atoms with Crippen LogP contribution < -0.4 is 11.2 Å². The maximum atomic E-state index is 9.56. The lowest BCUT2D eigenvalue weighted by molar-refractivity contribution is 0.619. The molecular formula is C7H9N3O2S2. The zero-order valence-corrected chi connectivity index (χ0v) is 8.75. The predicted octanol–water partition coefficient (Wildman–Crippen LogP) is 0.484. The molecule has 0 aromatic heterocycles. The van der Waals surface area contributed by atoms with Gasteiger partial charge in [0.1, 0.15) is 0 Å². The number of hydrogen-bond acceptors (Lipinski definition) is 4. The van der Waals surface area contributed by atoms with E-state index in [1.54, 1.807) is 0 Å². The van der Waals surface area contributed by atoms with E-state index < -0.39 is 10.5 Å². The van der Waals surface area contributed by atoms with E-state index in [-0.39, 0.29) is 5.11 Å². The Morgan fingerprint density at radius 2 is 1.50 bits per heavy atom. The highest BCUT2D eigenvalue weighted by Crippen LogP contribution is 1.79. The molecule has 14 heavy (non-hydrogen) atoms. The average Bonchev–Trinajstić information content (AvgIpc) is 2.18. The maximum absolute atomic E-state index is 9.56. The number of thiocarbonyl (C=S) groups is 1. The Bertz CT molecular complexity index is 354. The van der Waals surface area contributed by atoms with E-state index in [0.717, 1.165) is 0 Å². The largest absolute Gasteiger partial charge is 0.375 e. The number of rotatable bonds is 1. The highest BCUT2D eigenvalue weighted by Gasteiger charge is 1.76. The zero-order valence-electron chi connectivity index (χ0n) is 7.12. The minimum Gasteiger partial charge on any atom is -0.375 e. The first-order valence-corrected chi connectivity index (χ1v) is 4.92. The fourth-order valence-corrected chi connectivity index (χ4v) is 0.743. The van der Waals surface area contributed by atoms with E-state index in [4.69, 9.17) is 5.73 Å². The van der Waals surface area contributed by atoms with Crippen molar-refractivity contribution >= 4 is 27.8 Å². The van der Waals surface area contributed by atoms with Crippen LogP contribution in [0.3, 0.4) is 0 Å². The normalized spacial score (nSPS) is 7.71. The fourth-order valence-electron chi connectivity index (χ4n) is 0.467. The summed E-state index contributed by atoms with van der Waals surface area (Å²) in [7, 11) is -2.49. The molecule has 0 heterocycles. The second-order valence-electron chi connectivity index (χ2n) is 1.94. The van der Waals surface area contributed by atoms with Gasteiger partial charge < -0.3 is 5.73 Å². The molecule has 0 fully saturated rings. The zero-order chi connectivity index (χ0) is 10.8. The van der Waals surface area contributed by atoms with Crippen LogP contribution in [0.15, 0.2) is 40.9 Å². The second kappa shape index (κ2) is 8.14. The van der Waals surface area contributed by atoms with E-state index in [9.17, 15) is 8.42 Å². The lowest BCUT2D eigenvalue weighted by atomic mass is 10.4. The van der Waals surface area contributed by atoms with Crippen molar-refractivity contribution in [1.82, 2.24) is 5.43 Å². The van der Waals surface area contributed by atoms with Gasteiger partial charge in [0.15, 0.2) is 5.11 Å². The van der Waals surface area contributed by atoms with Crippen molar-refractivity contribution in [3.63, 3.8) is 0 Å². The molecule has 1 rings (SSSR count). The lowest BCUT2D eigenvalue weighted by Gasteiger charge is -1.84. The Labute approximate surface area is 88.6 Å². The van der Waals surface area contributed by atoms with Gasteiger partial charge in [-0.25, -0.2) is 5.43 Å². The Morgan fingerprint density at radius 1 is 1.14 bits per heavy atom. The molecule has 1 aromatic rings. The second-order valence-corrected chi connectivity index (χ2v) is 3.00. The van der Waals surface area contributed by atoms with Gasteiger partial charge in [-0.3, -0.25) is 0 Å². The molecule has 0 spiro atoms. The summed E-state index contributed by atoms with van der Waals surface area (Å²) in [4.78, 5) is 0. The molecule has 1 aromatic carbocycles. The van der Waals surface area contributed by atoms with Crippen molar-refractivity contribution < 1.29 is 8.42 Å². The predicted molar refractivity (Wildman–Crippen MR) is 57.7 cm³/mol. The van der Waals surface area contributed by atoms with Crippen LogP contribution in [0.5, 0.6) is 0 Å². The van der Waals surface area contributed by atoms with Gasteiger partial charge in [-0.2, -0.15) is 8.42 Å². The Morgan fingerprint density at radius 3 is 1.64 bits per heavy atom. The van der Waals surface area contributed by atoms with Crippen molar-refractivity contribution in [2.45, 2.75) is 0 Å². The van der Waals surface area contributed by atoms with E-state index in [1.807, 2.05) is 41.8 Å². The van der Waals surface area contributed by atoms with Gasteiger partial charge in [0.25, 0.3) is 0 Å². The quantitative estimate of drug-likeness (QED) is 0.542. The molecule has 0 atom stereocenters. The highest BCUT2D eigenvalue weighted by molar-refractivity contribution is 7.80. The average molecular weight is 231 g/mol. The Balaban J connectivity index is 0.000000249. The molecule has 0 saturated carbocycles. The molecule has 0 bridgehead atoms. The smallest absolute Gasteiger partial charge is 0.332 e. The van der Waals surface area contributed by atoms with Crippen molar-refractivity contribution in [2.24, 2.45) is 10.2 Å². The first kappa shape index (κ1) is 12.5. The standard InChI is InChI=1S/C6H6.CH3N3O2S2/c1-2-4-6-5-3-1;2-1(7)3-4-8(5)6/h1-6H;(H3,2,3,7). The van der Waals surface area contributed by atoms with Crippen LogP contribution in [0.25, 0.3) is 0 Å². The molecule has 5 nitrogen and oxygen atoms in total. The third kappa shape index (κ3) is 10.5. The number of nitrogens with two attached hydrogens (primary N) is 1. The topological polar surface area (TPSA) is 84.5 Å².